The molecule has 0 atom stereocenters. The maximum absolute atomic E-state index is 6.21. The van der Waals surface area contributed by atoms with E-state index in [1.165, 1.54) is 0 Å². The number of rotatable bonds is 6. The lowest BCUT2D eigenvalue weighted by atomic mass is 10.0. The molecule has 0 saturated carbocycles. The van der Waals surface area contributed by atoms with Crippen molar-refractivity contribution in [1.82, 2.24) is 15.6 Å². The van der Waals surface area contributed by atoms with E-state index >= 15 is 0 Å². The fourth-order valence-corrected chi connectivity index (χ4v) is 4.09. The van der Waals surface area contributed by atoms with Crippen molar-refractivity contribution in [1.29, 1.82) is 0 Å². The molecule has 0 amide bonds. The molecule has 0 radical (unpaired) electrons. The molecular weight excluding hydrogens is 419 g/mol. The first-order chi connectivity index (χ1) is 14.6. The molecule has 1 saturated heterocycles. The summed E-state index contributed by atoms with van der Waals surface area (Å²) >= 11 is 12.4. The van der Waals surface area contributed by atoms with Crippen LogP contribution in [-0.4, -0.2) is 38.2 Å². The van der Waals surface area contributed by atoms with E-state index in [1.54, 1.807) is 12.3 Å². The minimum Gasteiger partial charge on any atom is -0.456 e. The zero-order valence-corrected chi connectivity index (χ0v) is 18.3. The number of pyridine rings is 1. The SMILES string of the molecule is CNCc1cc(Oc2ccc(N3CCNCC3)nc2)cc(-c2cc(Cl)cc(Cl)c2)c1. The van der Waals surface area contributed by atoms with Crippen LogP contribution in [0.15, 0.2) is 54.7 Å². The number of benzene rings is 2. The second kappa shape index (κ2) is 9.67. The van der Waals surface area contributed by atoms with Crippen LogP contribution in [0, 0.1) is 0 Å². The van der Waals surface area contributed by atoms with Crippen LogP contribution in [0.2, 0.25) is 10.0 Å². The zero-order chi connectivity index (χ0) is 20.9. The Labute approximate surface area is 187 Å². The molecule has 156 valence electrons. The minimum absolute atomic E-state index is 0.603. The molecule has 4 rings (SSSR count). The van der Waals surface area contributed by atoms with Gasteiger partial charge >= 0.3 is 0 Å². The van der Waals surface area contributed by atoms with Crippen molar-refractivity contribution < 1.29 is 4.74 Å². The summed E-state index contributed by atoms with van der Waals surface area (Å²) in [5.74, 6) is 2.41. The predicted octanol–water partition coefficient (Wildman–Crippen LogP) is 4.98. The van der Waals surface area contributed by atoms with Gasteiger partial charge in [0.25, 0.3) is 0 Å². The van der Waals surface area contributed by atoms with Crippen molar-refractivity contribution in [3.63, 3.8) is 0 Å². The van der Waals surface area contributed by atoms with Crippen LogP contribution < -0.4 is 20.3 Å². The molecule has 3 aromatic rings. The Bertz CT molecular complexity index is 984. The maximum Gasteiger partial charge on any atom is 0.145 e. The Balaban J connectivity index is 1.59. The Morgan fingerprint density at radius 2 is 1.70 bits per heavy atom. The molecule has 7 heteroatoms. The first kappa shape index (κ1) is 20.9. The highest BCUT2D eigenvalue weighted by Gasteiger charge is 2.12. The van der Waals surface area contributed by atoms with E-state index in [-0.39, 0.29) is 0 Å². The van der Waals surface area contributed by atoms with Gasteiger partial charge in [0.15, 0.2) is 0 Å². The number of hydrogen-bond donors (Lipinski definition) is 2. The molecule has 1 aliphatic heterocycles. The molecule has 1 aliphatic rings. The standard InChI is InChI=1S/C23H24Cl2N4O/c1-26-14-16-8-17(18-10-19(24)13-20(25)11-18)12-22(9-16)30-21-2-3-23(28-15-21)29-6-4-27-5-7-29/h2-3,8-13,15,26-27H,4-7,14H2,1H3. The smallest absolute Gasteiger partial charge is 0.145 e. The van der Waals surface area contributed by atoms with Gasteiger partial charge in [-0.2, -0.15) is 0 Å². The lowest BCUT2D eigenvalue weighted by Gasteiger charge is -2.28. The summed E-state index contributed by atoms with van der Waals surface area (Å²) in [6, 6.07) is 15.6. The number of nitrogens with zero attached hydrogens (tertiary/aromatic N) is 2. The van der Waals surface area contributed by atoms with Gasteiger partial charge in [-0.15, -0.1) is 0 Å². The van der Waals surface area contributed by atoms with Crippen molar-refractivity contribution in [2.24, 2.45) is 0 Å². The van der Waals surface area contributed by atoms with Gasteiger partial charge in [-0.1, -0.05) is 23.2 Å². The zero-order valence-electron chi connectivity index (χ0n) is 16.8. The second-order valence-electron chi connectivity index (χ2n) is 7.25. The molecule has 0 unspecified atom stereocenters. The van der Waals surface area contributed by atoms with Crippen molar-refractivity contribution in [2.45, 2.75) is 6.54 Å². The van der Waals surface area contributed by atoms with Crippen molar-refractivity contribution in [3.8, 4) is 22.6 Å². The number of halogens is 2. The van der Waals surface area contributed by atoms with E-state index in [2.05, 4.69) is 26.6 Å². The summed E-state index contributed by atoms with van der Waals surface area (Å²) in [6.45, 7) is 4.61. The molecule has 0 spiro atoms. The van der Waals surface area contributed by atoms with E-state index in [0.717, 1.165) is 61.0 Å². The number of ether oxygens (including phenoxy) is 1. The van der Waals surface area contributed by atoms with Gasteiger partial charge < -0.3 is 20.3 Å². The van der Waals surface area contributed by atoms with E-state index in [1.807, 2.05) is 43.4 Å². The number of nitrogens with one attached hydrogen (secondary N) is 2. The lowest BCUT2D eigenvalue weighted by molar-refractivity contribution is 0.479. The first-order valence-electron chi connectivity index (χ1n) is 9.95. The second-order valence-corrected chi connectivity index (χ2v) is 8.12. The molecular formula is C23H24Cl2N4O. The summed E-state index contributed by atoms with van der Waals surface area (Å²) in [6.07, 6.45) is 1.78. The minimum atomic E-state index is 0.603. The molecule has 2 aromatic carbocycles. The van der Waals surface area contributed by atoms with Gasteiger partial charge in [0.05, 0.1) is 6.20 Å². The predicted molar refractivity (Wildman–Crippen MR) is 124 cm³/mol. The van der Waals surface area contributed by atoms with Crippen LogP contribution >= 0.6 is 23.2 Å². The summed E-state index contributed by atoms with van der Waals surface area (Å²) in [7, 11) is 1.92. The molecule has 5 nitrogen and oxygen atoms in total. The quantitative estimate of drug-likeness (QED) is 0.563. The molecule has 1 fully saturated rings. The summed E-state index contributed by atoms with van der Waals surface area (Å²) in [5.41, 5.74) is 3.04. The van der Waals surface area contributed by atoms with Gasteiger partial charge in [-0.25, -0.2) is 4.98 Å². The van der Waals surface area contributed by atoms with Crippen molar-refractivity contribution in [3.05, 3.63) is 70.3 Å². The Morgan fingerprint density at radius 1 is 0.967 bits per heavy atom. The average Bonchev–Trinajstić information content (AvgIpc) is 2.74. The van der Waals surface area contributed by atoms with E-state index in [9.17, 15) is 0 Å². The van der Waals surface area contributed by atoms with Gasteiger partial charge in [-0.3, -0.25) is 0 Å². The highest BCUT2D eigenvalue weighted by Crippen LogP contribution is 2.32. The van der Waals surface area contributed by atoms with Gasteiger partial charge in [0, 0.05) is 42.8 Å². The number of hydrogen-bond acceptors (Lipinski definition) is 5. The fourth-order valence-electron chi connectivity index (χ4n) is 3.56. The van der Waals surface area contributed by atoms with E-state index in [0.29, 0.717) is 15.8 Å². The van der Waals surface area contributed by atoms with Crippen molar-refractivity contribution in [2.75, 3.05) is 38.1 Å². The van der Waals surface area contributed by atoms with Crippen LogP contribution in [0.4, 0.5) is 5.82 Å². The third kappa shape index (κ3) is 5.24. The molecule has 2 heterocycles. The largest absolute Gasteiger partial charge is 0.456 e. The van der Waals surface area contributed by atoms with Crippen LogP contribution in [0.3, 0.4) is 0 Å². The molecule has 1 aromatic heterocycles. The summed E-state index contributed by atoms with van der Waals surface area (Å²) in [4.78, 5) is 6.86. The lowest BCUT2D eigenvalue weighted by Crippen LogP contribution is -2.43. The van der Waals surface area contributed by atoms with Gasteiger partial charge in [0.1, 0.15) is 17.3 Å². The van der Waals surface area contributed by atoms with Crippen LogP contribution in [-0.2, 0) is 6.54 Å². The average molecular weight is 443 g/mol. The topological polar surface area (TPSA) is 49.4 Å². The normalized spacial score (nSPS) is 14.0. The van der Waals surface area contributed by atoms with Crippen molar-refractivity contribution >= 4 is 29.0 Å². The molecule has 2 N–H and O–H groups in total. The Kier molecular flexibility index (Phi) is 6.75. The van der Waals surface area contributed by atoms with E-state index in [4.69, 9.17) is 27.9 Å². The Hall–Kier alpha value is -2.31. The molecule has 0 aliphatic carbocycles. The van der Waals surface area contributed by atoms with Crippen LogP contribution in [0.25, 0.3) is 11.1 Å². The number of anilines is 1. The maximum atomic E-state index is 6.21. The molecule has 30 heavy (non-hydrogen) atoms. The van der Waals surface area contributed by atoms with Gasteiger partial charge in [0.2, 0.25) is 0 Å². The Morgan fingerprint density at radius 3 is 2.37 bits per heavy atom. The van der Waals surface area contributed by atoms with Crippen LogP contribution in [0.1, 0.15) is 5.56 Å². The summed E-state index contributed by atoms with van der Waals surface area (Å²) < 4.78 is 6.14. The number of aromatic nitrogens is 1. The highest BCUT2D eigenvalue weighted by atomic mass is 35.5. The highest BCUT2D eigenvalue weighted by molar-refractivity contribution is 6.35. The van der Waals surface area contributed by atoms with E-state index < -0.39 is 0 Å². The number of piperazine rings is 1. The van der Waals surface area contributed by atoms with Gasteiger partial charge in [-0.05, 0) is 72.3 Å². The molecule has 0 bridgehead atoms. The fraction of sp³-hybridized carbons (Fsp3) is 0.261. The summed E-state index contributed by atoms with van der Waals surface area (Å²) in [5, 5.41) is 7.75. The third-order valence-corrected chi connectivity index (χ3v) is 5.38. The third-order valence-electron chi connectivity index (χ3n) is 4.94. The monoisotopic (exact) mass is 442 g/mol. The van der Waals surface area contributed by atoms with Crippen LogP contribution in [0.5, 0.6) is 11.5 Å². The first-order valence-corrected chi connectivity index (χ1v) is 10.7.